The van der Waals surface area contributed by atoms with Crippen LogP contribution in [-0.2, 0) is 37.5 Å². The van der Waals surface area contributed by atoms with Crippen LogP contribution in [0.25, 0.3) is 0 Å². The molecule has 0 spiro atoms. The first-order valence-corrected chi connectivity index (χ1v) is 5.79. The second kappa shape index (κ2) is 18.8. The van der Waals surface area contributed by atoms with Crippen molar-refractivity contribution in [2.24, 2.45) is 5.41 Å². The molecule has 1 aromatic carbocycles. The second-order valence-electron chi connectivity index (χ2n) is 3.97. The van der Waals surface area contributed by atoms with Gasteiger partial charge in [0.1, 0.15) is 0 Å². The third-order valence-corrected chi connectivity index (χ3v) is 2.21. The molecule has 0 fully saturated rings. The third-order valence-electron chi connectivity index (χ3n) is 1.11. The van der Waals surface area contributed by atoms with Gasteiger partial charge in [-0.15, -0.1) is 0 Å². The van der Waals surface area contributed by atoms with E-state index in [1.54, 1.807) is 0 Å². The van der Waals surface area contributed by atoms with E-state index in [0.29, 0.717) is 0 Å². The predicted octanol–water partition coefficient (Wildman–Crippen LogP) is 2.24. The zero-order valence-electron chi connectivity index (χ0n) is 10.5. The van der Waals surface area contributed by atoms with Crippen LogP contribution < -0.4 is 0 Å². The summed E-state index contributed by atoms with van der Waals surface area (Å²) >= 11 is -1.89. The Hall–Kier alpha value is -0.541. The van der Waals surface area contributed by atoms with Gasteiger partial charge >= 0.3 is 39.7 Å². The van der Waals surface area contributed by atoms with Crippen molar-refractivity contribution >= 4 is 11.1 Å². The van der Waals surface area contributed by atoms with Crippen molar-refractivity contribution < 1.29 is 35.1 Å². The number of rotatable bonds is 1. The van der Waals surface area contributed by atoms with Crippen LogP contribution in [-0.4, -0.2) is 14.5 Å². The molecule has 0 saturated heterocycles. The third kappa shape index (κ3) is 36.1. The molecule has 1 unspecified atom stereocenters. The Morgan fingerprint density at radius 3 is 1.56 bits per heavy atom. The van der Waals surface area contributed by atoms with Gasteiger partial charge in [-0.1, -0.05) is 31.9 Å². The molecule has 4 nitrogen and oxygen atoms in total. The minimum Gasteiger partial charge on any atom is -0.214 e. The maximum atomic E-state index is 10.0. The minimum atomic E-state index is -1.89. The molecule has 98 valence electrons. The van der Waals surface area contributed by atoms with Gasteiger partial charge in [0.2, 0.25) is 0 Å². The second-order valence-corrected chi connectivity index (χ2v) is 4.87. The Bertz CT molecular complexity index is 276. The van der Waals surface area contributed by atoms with Gasteiger partial charge in [-0.2, -0.15) is 18.2 Å². The molecule has 0 aliphatic rings. The summed E-state index contributed by atoms with van der Waals surface area (Å²) in [5.41, 5.74) is -0.0907. The molecule has 0 heterocycles. The Balaban J connectivity index is -0.0000000847. The monoisotopic (exact) mass is 312 g/mol. The Morgan fingerprint density at radius 2 is 1.50 bits per heavy atom. The molecule has 0 N–H and O–H groups in total. The van der Waals surface area contributed by atoms with Crippen LogP contribution >= 0.6 is 0 Å². The summed E-state index contributed by atoms with van der Waals surface area (Å²) in [6, 6.07) is 10.0. The van der Waals surface area contributed by atoms with Gasteiger partial charge in [0.05, 0.1) is 0 Å². The van der Waals surface area contributed by atoms with E-state index in [-0.39, 0.29) is 28.2 Å². The molecular weight excluding hydrogens is 296 g/mol. The SMILES string of the molecule is CC(C)(C)CS(=O)[O-].[C-]#[O+].[C-]#[O+].[Fe+6].c1cc[cH-]c1. The van der Waals surface area contributed by atoms with Gasteiger partial charge in [0, 0.05) is 5.75 Å². The smallest absolute Gasteiger partial charge is 0.214 e. The molecule has 0 radical (unpaired) electrons. The van der Waals surface area contributed by atoms with Gasteiger partial charge in [-0.05, 0) is 5.41 Å². The number of hydrogen-bond acceptors (Lipinski definition) is 2. The molecular formula is C12H16FeO4S+4. The van der Waals surface area contributed by atoms with E-state index >= 15 is 0 Å². The van der Waals surface area contributed by atoms with E-state index in [1.807, 2.05) is 51.1 Å². The first-order chi connectivity index (χ1) is 7.92. The Morgan fingerprint density at radius 1 is 1.17 bits per heavy atom. The summed E-state index contributed by atoms with van der Waals surface area (Å²) in [5.74, 6) is 0.243. The first-order valence-electron chi connectivity index (χ1n) is 4.55. The van der Waals surface area contributed by atoms with Gasteiger partial charge in [-0.25, -0.2) is 12.1 Å². The summed E-state index contributed by atoms with van der Waals surface area (Å²) in [4.78, 5) is 0. The average Bonchev–Trinajstić information content (AvgIpc) is 2.78. The zero-order valence-corrected chi connectivity index (χ0v) is 12.4. The Labute approximate surface area is 122 Å². The van der Waals surface area contributed by atoms with Crippen molar-refractivity contribution in [3.63, 3.8) is 0 Å². The molecule has 1 atom stereocenters. The summed E-state index contributed by atoms with van der Waals surface area (Å²) in [7, 11) is 0. The summed E-state index contributed by atoms with van der Waals surface area (Å²) in [6.45, 7) is 14.7. The molecule has 0 bridgehead atoms. The fourth-order valence-corrected chi connectivity index (χ4v) is 1.38. The largest absolute Gasteiger partial charge is 6.00 e. The van der Waals surface area contributed by atoms with E-state index in [4.69, 9.17) is 9.30 Å². The summed E-state index contributed by atoms with van der Waals surface area (Å²) in [5, 5.41) is 0. The van der Waals surface area contributed by atoms with Crippen LogP contribution in [0.3, 0.4) is 0 Å². The minimum absolute atomic E-state index is 0. The van der Waals surface area contributed by atoms with Crippen molar-refractivity contribution in [2.75, 3.05) is 5.75 Å². The van der Waals surface area contributed by atoms with Gasteiger partial charge in [0.15, 0.2) is 0 Å². The van der Waals surface area contributed by atoms with Crippen LogP contribution in [0.15, 0.2) is 30.3 Å². The van der Waals surface area contributed by atoms with Crippen LogP contribution in [0.4, 0.5) is 0 Å². The van der Waals surface area contributed by atoms with Gasteiger partial charge in [0.25, 0.3) is 0 Å². The molecule has 0 aliphatic carbocycles. The quantitative estimate of drug-likeness (QED) is 0.345. The molecule has 0 aliphatic heterocycles. The Kier molecular flexibility index (Phi) is 27.3. The normalized spacial score (nSPS) is 9.56. The molecule has 0 amide bonds. The standard InChI is InChI=1S/C5H12O2S.C5H5.2CO.Fe/c1-5(2,3)4-8(6)7;1-2-4-5-3-1;2*1-2;/h4H2,1-3H3,(H,6,7);1-5H;;;/q;-1;;;+6/p-1. The fourth-order valence-electron chi connectivity index (χ4n) is 0.674. The van der Waals surface area contributed by atoms with Crippen molar-refractivity contribution in [3.05, 3.63) is 43.6 Å². The zero-order chi connectivity index (χ0) is 14.3. The van der Waals surface area contributed by atoms with Crippen molar-refractivity contribution in [1.29, 1.82) is 0 Å². The number of hydrogen-bond donors (Lipinski definition) is 0. The van der Waals surface area contributed by atoms with Crippen molar-refractivity contribution in [3.8, 4) is 0 Å². The van der Waals surface area contributed by atoms with E-state index in [0.717, 1.165) is 0 Å². The van der Waals surface area contributed by atoms with E-state index in [1.165, 1.54) is 0 Å². The molecule has 0 saturated carbocycles. The fraction of sp³-hybridized carbons (Fsp3) is 0.417. The maximum absolute atomic E-state index is 10.0. The van der Waals surface area contributed by atoms with Crippen molar-refractivity contribution in [1.82, 2.24) is 0 Å². The van der Waals surface area contributed by atoms with Gasteiger partial charge < -0.3 is 4.55 Å². The summed E-state index contributed by atoms with van der Waals surface area (Å²) in [6.07, 6.45) is 0. The summed E-state index contributed by atoms with van der Waals surface area (Å²) < 4.78 is 35.0. The predicted molar refractivity (Wildman–Crippen MR) is 63.1 cm³/mol. The maximum Gasteiger partial charge on any atom is 6.00 e. The molecule has 1 rings (SSSR count). The van der Waals surface area contributed by atoms with Crippen LogP contribution in [0.1, 0.15) is 20.8 Å². The van der Waals surface area contributed by atoms with E-state index in [9.17, 15) is 8.76 Å². The van der Waals surface area contributed by atoms with Crippen LogP contribution in [0.2, 0.25) is 0 Å². The molecule has 0 aromatic heterocycles. The molecule has 1 aromatic rings. The van der Waals surface area contributed by atoms with Crippen LogP contribution in [0, 0.1) is 18.7 Å². The topological polar surface area (TPSA) is 79.9 Å². The van der Waals surface area contributed by atoms with E-state index < -0.39 is 11.1 Å². The average molecular weight is 312 g/mol. The van der Waals surface area contributed by atoms with Gasteiger partial charge in [-0.3, -0.25) is 4.21 Å². The van der Waals surface area contributed by atoms with Crippen LogP contribution in [0.5, 0.6) is 0 Å². The molecule has 18 heavy (non-hydrogen) atoms. The first kappa shape index (κ1) is 26.1. The van der Waals surface area contributed by atoms with E-state index in [2.05, 4.69) is 13.3 Å². The van der Waals surface area contributed by atoms with Crippen molar-refractivity contribution in [2.45, 2.75) is 20.8 Å². The molecule has 6 heteroatoms.